The number of benzene rings is 1. The molecule has 0 radical (unpaired) electrons. The number of halogens is 1. The molecule has 1 aromatic rings. The van der Waals surface area contributed by atoms with Crippen LogP contribution in [-0.2, 0) is 25.5 Å². The molecule has 146 valence electrons. The summed E-state index contributed by atoms with van der Waals surface area (Å²) in [5, 5.41) is 0. The third-order valence-electron chi connectivity index (χ3n) is 4.07. The van der Waals surface area contributed by atoms with Gasteiger partial charge in [0.05, 0.1) is 13.2 Å². The molecule has 0 atom stereocenters. The van der Waals surface area contributed by atoms with Crippen molar-refractivity contribution in [3.63, 3.8) is 0 Å². The molecule has 1 rings (SSSR count). The van der Waals surface area contributed by atoms with Crippen molar-refractivity contribution < 1.29 is 19.1 Å². The average Bonchev–Trinajstić information content (AvgIpc) is 2.61. The van der Waals surface area contributed by atoms with Crippen LogP contribution in [0.2, 0.25) is 0 Å². The Morgan fingerprint density at radius 3 is 2.23 bits per heavy atom. The number of rotatable bonds is 14. The molecule has 5 heteroatoms. The first-order chi connectivity index (χ1) is 12.6. The summed E-state index contributed by atoms with van der Waals surface area (Å²) in [4.78, 5) is 23.3. The molecule has 0 spiro atoms. The number of esters is 2. The first-order valence-corrected chi connectivity index (χ1v) is 10.5. The molecule has 0 unspecified atom stereocenters. The molecule has 0 bridgehead atoms. The fourth-order valence-electron chi connectivity index (χ4n) is 2.56. The SMILES string of the molecule is CCCCCCCCOC(=O)CCCC(=O)OCCc1cccc(Br)c1. The van der Waals surface area contributed by atoms with Gasteiger partial charge in [0.2, 0.25) is 0 Å². The zero-order chi connectivity index (χ0) is 19.0. The molecule has 0 amide bonds. The van der Waals surface area contributed by atoms with Crippen molar-refractivity contribution in [3.05, 3.63) is 34.3 Å². The summed E-state index contributed by atoms with van der Waals surface area (Å²) in [6.45, 7) is 3.04. The van der Waals surface area contributed by atoms with Crippen molar-refractivity contribution in [3.8, 4) is 0 Å². The third-order valence-corrected chi connectivity index (χ3v) is 4.56. The number of unbranched alkanes of at least 4 members (excludes halogenated alkanes) is 5. The molecule has 0 aromatic heterocycles. The molecule has 0 saturated carbocycles. The summed E-state index contributed by atoms with van der Waals surface area (Å²) in [5.74, 6) is -0.482. The van der Waals surface area contributed by atoms with E-state index >= 15 is 0 Å². The molecule has 4 nitrogen and oxygen atoms in total. The van der Waals surface area contributed by atoms with E-state index in [1.54, 1.807) is 0 Å². The highest BCUT2D eigenvalue weighted by Crippen LogP contribution is 2.12. The van der Waals surface area contributed by atoms with Crippen molar-refractivity contribution in [2.75, 3.05) is 13.2 Å². The molecule has 26 heavy (non-hydrogen) atoms. The quantitative estimate of drug-likeness (QED) is 0.286. The van der Waals surface area contributed by atoms with Gasteiger partial charge in [-0.1, -0.05) is 67.1 Å². The second-order valence-electron chi connectivity index (χ2n) is 6.44. The predicted octanol–water partition coefficient (Wildman–Crippen LogP) is 5.61. The summed E-state index contributed by atoms with van der Waals surface area (Å²) in [6, 6.07) is 7.92. The van der Waals surface area contributed by atoms with Crippen LogP contribution in [0.5, 0.6) is 0 Å². The van der Waals surface area contributed by atoms with Crippen LogP contribution in [0.3, 0.4) is 0 Å². The van der Waals surface area contributed by atoms with Gasteiger partial charge in [0.1, 0.15) is 0 Å². The molecule has 0 N–H and O–H groups in total. The van der Waals surface area contributed by atoms with E-state index in [9.17, 15) is 9.59 Å². The van der Waals surface area contributed by atoms with Crippen LogP contribution in [0.25, 0.3) is 0 Å². The lowest BCUT2D eigenvalue weighted by atomic mass is 10.1. The minimum Gasteiger partial charge on any atom is -0.466 e. The molecule has 0 fully saturated rings. The summed E-state index contributed by atoms with van der Waals surface area (Å²) in [5.41, 5.74) is 1.12. The molecular weight excluding hydrogens is 396 g/mol. The van der Waals surface area contributed by atoms with E-state index in [1.807, 2.05) is 24.3 Å². The van der Waals surface area contributed by atoms with Gasteiger partial charge >= 0.3 is 11.9 Å². The summed E-state index contributed by atoms with van der Waals surface area (Å²) >= 11 is 3.42. The largest absolute Gasteiger partial charge is 0.466 e. The van der Waals surface area contributed by atoms with Crippen molar-refractivity contribution in [1.82, 2.24) is 0 Å². The van der Waals surface area contributed by atoms with Gasteiger partial charge in [-0.05, 0) is 30.5 Å². The van der Waals surface area contributed by atoms with Crippen LogP contribution in [0.15, 0.2) is 28.7 Å². The van der Waals surface area contributed by atoms with E-state index < -0.39 is 0 Å². The molecule has 0 saturated heterocycles. The molecule has 0 heterocycles. The van der Waals surface area contributed by atoms with Crippen LogP contribution in [0, 0.1) is 0 Å². The first kappa shape index (κ1) is 22.7. The van der Waals surface area contributed by atoms with Crippen LogP contribution in [0.1, 0.15) is 70.3 Å². The predicted molar refractivity (Wildman–Crippen MR) is 107 cm³/mol. The zero-order valence-electron chi connectivity index (χ0n) is 15.8. The number of hydrogen-bond donors (Lipinski definition) is 0. The number of hydrogen-bond acceptors (Lipinski definition) is 4. The molecule has 1 aromatic carbocycles. The Bertz CT molecular complexity index is 530. The van der Waals surface area contributed by atoms with E-state index in [4.69, 9.17) is 9.47 Å². The van der Waals surface area contributed by atoms with Gasteiger partial charge in [-0.15, -0.1) is 0 Å². The van der Waals surface area contributed by atoms with E-state index in [0.29, 0.717) is 26.1 Å². The first-order valence-electron chi connectivity index (χ1n) is 9.67. The van der Waals surface area contributed by atoms with Gasteiger partial charge in [0, 0.05) is 23.7 Å². The molecule has 0 aliphatic carbocycles. The van der Waals surface area contributed by atoms with Crippen molar-refractivity contribution in [1.29, 1.82) is 0 Å². The van der Waals surface area contributed by atoms with Crippen LogP contribution >= 0.6 is 15.9 Å². The highest BCUT2D eigenvalue weighted by molar-refractivity contribution is 9.10. The number of ether oxygens (including phenoxy) is 2. The summed E-state index contributed by atoms with van der Waals surface area (Å²) in [7, 11) is 0. The fraction of sp³-hybridized carbons (Fsp3) is 0.619. The zero-order valence-corrected chi connectivity index (χ0v) is 17.4. The monoisotopic (exact) mass is 426 g/mol. The normalized spacial score (nSPS) is 10.5. The Balaban J connectivity index is 1.97. The number of carbonyl (C=O) groups excluding carboxylic acids is 2. The fourth-order valence-corrected chi connectivity index (χ4v) is 3.01. The Labute approximate surface area is 165 Å². The van der Waals surface area contributed by atoms with Crippen LogP contribution < -0.4 is 0 Å². The van der Waals surface area contributed by atoms with E-state index in [0.717, 1.165) is 22.9 Å². The smallest absolute Gasteiger partial charge is 0.305 e. The minimum absolute atomic E-state index is 0.222. The highest BCUT2D eigenvalue weighted by atomic mass is 79.9. The summed E-state index contributed by atoms with van der Waals surface area (Å²) in [6.07, 6.45) is 8.70. The Hall–Kier alpha value is -1.36. The van der Waals surface area contributed by atoms with E-state index in [-0.39, 0.29) is 24.8 Å². The Kier molecular flexibility index (Phi) is 12.9. The highest BCUT2D eigenvalue weighted by Gasteiger charge is 2.07. The third kappa shape index (κ3) is 12.1. The van der Waals surface area contributed by atoms with Gasteiger partial charge in [-0.2, -0.15) is 0 Å². The molecular formula is C21H31BrO4. The van der Waals surface area contributed by atoms with Gasteiger partial charge in [-0.25, -0.2) is 0 Å². The van der Waals surface area contributed by atoms with Crippen molar-refractivity contribution >= 4 is 27.9 Å². The average molecular weight is 427 g/mol. The Morgan fingerprint density at radius 1 is 0.885 bits per heavy atom. The minimum atomic E-state index is -0.260. The van der Waals surface area contributed by atoms with E-state index in [1.165, 1.54) is 25.7 Å². The number of carbonyl (C=O) groups is 2. The van der Waals surface area contributed by atoms with Gasteiger partial charge < -0.3 is 9.47 Å². The topological polar surface area (TPSA) is 52.6 Å². The van der Waals surface area contributed by atoms with Crippen molar-refractivity contribution in [2.45, 2.75) is 71.1 Å². The van der Waals surface area contributed by atoms with E-state index in [2.05, 4.69) is 22.9 Å². The second-order valence-corrected chi connectivity index (χ2v) is 7.36. The Morgan fingerprint density at radius 2 is 1.54 bits per heavy atom. The maximum atomic E-state index is 11.7. The second kappa shape index (κ2) is 14.8. The van der Waals surface area contributed by atoms with Crippen LogP contribution in [0.4, 0.5) is 0 Å². The van der Waals surface area contributed by atoms with Gasteiger partial charge in [0.25, 0.3) is 0 Å². The summed E-state index contributed by atoms with van der Waals surface area (Å²) < 4.78 is 11.4. The molecule has 0 aliphatic rings. The van der Waals surface area contributed by atoms with Crippen molar-refractivity contribution in [2.24, 2.45) is 0 Å². The maximum Gasteiger partial charge on any atom is 0.305 e. The van der Waals surface area contributed by atoms with Crippen LogP contribution in [-0.4, -0.2) is 25.2 Å². The lowest BCUT2D eigenvalue weighted by molar-refractivity contribution is -0.145. The maximum absolute atomic E-state index is 11.7. The molecule has 0 aliphatic heterocycles. The van der Waals surface area contributed by atoms with Gasteiger partial charge in [0.15, 0.2) is 0 Å². The lowest BCUT2D eigenvalue weighted by Crippen LogP contribution is -2.10. The van der Waals surface area contributed by atoms with Gasteiger partial charge in [-0.3, -0.25) is 9.59 Å². The standard InChI is InChI=1S/C21H31BrO4/c1-2-3-4-5-6-7-15-25-20(23)12-9-13-21(24)26-16-14-18-10-8-11-19(22)17-18/h8,10-11,17H,2-7,9,12-16H2,1H3. The lowest BCUT2D eigenvalue weighted by Gasteiger charge is -2.06.